The zero-order valence-corrected chi connectivity index (χ0v) is 10.9. The Labute approximate surface area is 109 Å². The minimum absolute atomic E-state index is 0.00435. The molecule has 0 aliphatic heterocycles. The van der Waals surface area contributed by atoms with Crippen molar-refractivity contribution in [2.75, 3.05) is 10.5 Å². The topological polar surface area (TPSA) is 103 Å². The van der Waals surface area contributed by atoms with Gasteiger partial charge in [0, 0.05) is 7.05 Å². The second-order valence-electron chi connectivity index (χ2n) is 3.50. The number of rotatable bonds is 3. The van der Waals surface area contributed by atoms with Crippen molar-refractivity contribution in [2.24, 2.45) is 7.05 Å². The van der Waals surface area contributed by atoms with Crippen LogP contribution in [0.1, 0.15) is 0 Å². The molecule has 0 spiro atoms. The van der Waals surface area contributed by atoms with E-state index >= 15 is 0 Å². The molecule has 2 rings (SSSR count). The SMILES string of the molecule is Cn1ncnc1NS(=O)(=O)c1ccc(N)c(Cl)c1. The van der Waals surface area contributed by atoms with Crippen LogP contribution in [0.4, 0.5) is 11.6 Å². The molecule has 0 amide bonds. The van der Waals surface area contributed by atoms with Gasteiger partial charge in [0.25, 0.3) is 10.0 Å². The molecule has 3 N–H and O–H groups in total. The lowest BCUT2D eigenvalue weighted by Crippen LogP contribution is -2.16. The molecule has 0 saturated carbocycles. The highest BCUT2D eigenvalue weighted by atomic mass is 35.5. The van der Waals surface area contributed by atoms with Crippen LogP contribution in [-0.2, 0) is 17.1 Å². The van der Waals surface area contributed by atoms with E-state index in [0.29, 0.717) is 5.69 Å². The van der Waals surface area contributed by atoms with Gasteiger partial charge in [-0.15, -0.1) is 0 Å². The summed E-state index contributed by atoms with van der Waals surface area (Å²) in [5.41, 5.74) is 5.83. The summed E-state index contributed by atoms with van der Waals surface area (Å²) in [6, 6.07) is 4.06. The zero-order valence-electron chi connectivity index (χ0n) is 9.33. The molecule has 0 aliphatic rings. The fraction of sp³-hybridized carbons (Fsp3) is 0.111. The Morgan fingerprint density at radius 1 is 1.44 bits per heavy atom. The predicted molar refractivity (Wildman–Crippen MR) is 67.7 cm³/mol. The molecule has 0 aliphatic carbocycles. The smallest absolute Gasteiger partial charge is 0.264 e. The number of nitrogens with two attached hydrogens (primary N) is 1. The summed E-state index contributed by atoms with van der Waals surface area (Å²) < 4.78 is 27.6. The second-order valence-corrected chi connectivity index (χ2v) is 5.59. The maximum atomic E-state index is 12.0. The molecule has 0 bridgehead atoms. The van der Waals surface area contributed by atoms with Gasteiger partial charge in [0.15, 0.2) is 0 Å². The molecule has 0 atom stereocenters. The van der Waals surface area contributed by atoms with Crippen LogP contribution in [0.25, 0.3) is 0 Å². The van der Waals surface area contributed by atoms with Crippen LogP contribution < -0.4 is 10.5 Å². The number of hydrogen-bond acceptors (Lipinski definition) is 5. The first-order chi connectivity index (χ1) is 8.40. The van der Waals surface area contributed by atoms with Crippen LogP contribution in [-0.4, -0.2) is 23.2 Å². The third-order valence-electron chi connectivity index (χ3n) is 2.22. The summed E-state index contributed by atoms with van der Waals surface area (Å²) in [4.78, 5) is 3.77. The molecular formula is C9H10ClN5O2S. The van der Waals surface area contributed by atoms with Gasteiger partial charge in [0.2, 0.25) is 5.95 Å². The van der Waals surface area contributed by atoms with Crippen LogP contribution >= 0.6 is 11.6 Å². The van der Waals surface area contributed by atoms with Gasteiger partial charge in [0.1, 0.15) is 6.33 Å². The van der Waals surface area contributed by atoms with Gasteiger partial charge in [-0.2, -0.15) is 10.1 Å². The first-order valence-electron chi connectivity index (χ1n) is 4.82. The Hall–Kier alpha value is -1.80. The number of nitrogens with zero attached hydrogens (tertiary/aromatic N) is 3. The normalized spacial score (nSPS) is 11.4. The van der Waals surface area contributed by atoms with Gasteiger partial charge in [-0.05, 0) is 18.2 Å². The third-order valence-corrected chi connectivity index (χ3v) is 3.87. The van der Waals surface area contributed by atoms with Crippen LogP contribution in [0.15, 0.2) is 29.4 Å². The average Bonchev–Trinajstić information content (AvgIpc) is 2.67. The number of nitrogen functional groups attached to an aromatic ring is 1. The first-order valence-corrected chi connectivity index (χ1v) is 6.68. The first kappa shape index (κ1) is 12.7. The highest BCUT2D eigenvalue weighted by Gasteiger charge is 2.17. The lowest BCUT2D eigenvalue weighted by Gasteiger charge is -2.07. The Morgan fingerprint density at radius 2 is 2.17 bits per heavy atom. The van der Waals surface area contributed by atoms with E-state index in [1.54, 1.807) is 7.05 Å². The van der Waals surface area contributed by atoms with E-state index in [1.807, 2.05) is 0 Å². The van der Waals surface area contributed by atoms with E-state index in [2.05, 4.69) is 14.8 Å². The highest BCUT2D eigenvalue weighted by Crippen LogP contribution is 2.23. The molecule has 1 heterocycles. The predicted octanol–water partition coefficient (Wildman–Crippen LogP) is 0.852. The molecule has 0 fully saturated rings. The summed E-state index contributed by atoms with van der Waals surface area (Å²) in [6.07, 6.45) is 1.24. The Balaban J connectivity index is 2.37. The second kappa shape index (κ2) is 4.46. The minimum Gasteiger partial charge on any atom is -0.398 e. The molecule has 2 aromatic rings. The van der Waals surface area contributed by atoms with Gasteiger partial charge in [-0.25, -0.2) is 17.8 Å². The molecule has 0 saturated heterocycles. The minimum atomic E-state index is -3.76. The van der Waals surface area contributed by atoms with Crippen molar-refractivity contribution in [1.29, 1.82) is 0 Å². The van der Waals surface area contributed by atoms with Crippen molar-refractivity contribution in [3.8, 4) is 0 Å². The van der Waals surface area contributed by atoms with E-state index in [4.69, 9.17) is 17.3 Å². The van der Waals surface area contributed by atoms with Gasteiger partial charge < -0.3 is 5.73 Å². The van der Waals surface area contributed by atoms with Gasteiger partial charge >= 0.3 is 0 Å². The highest BCUT2D eigenvalue weighted by molar-refractivity contribution is 7.92. The van der Waals surface area contributed by atoms with Crippen LogP contribution in [0.3, 0.4) is 0 Å². The zero-order chi connectivity index (χ0) is 13.3. The van der Waals surface area contributed by atoms with E-state index in [9.17, 15) is 8.42 Å². The van der Waals surface area contributed by atoms with Crippen LogP contribution in [0, 0.1) is 0 Å². The lowest BCUT2D eigenvalue weighted by atomic mass is 10.3. The number of aryl methyl sites for hydroxylation is 1. The van der Waals surface area contributed by atoms with E-state index < -0.39 is 10.0 Å². The summed E-state index contributed by atoms with van der Waals surface area (Å²) in [5, 5.41) is 3.94. The van der Waals surface area contributed by atoms with Crippen molar-refractivity contribution in [3.05, 3.63) is 29.5 Å². The van der Waals surface area contributed by atoms with Crippen molar-refractivity contribution >= 4 is 33.3 Å². The lowest BCUT2D eigenvalue weighted by molar-refractivity contribution is 0.600. The van der Waals surface area contributed by atoms with Crippen molar-refractivity contribution in [2.45, 2.75) is 4.90 Å². The number of benzene rings is 1. The van der Waals surface area contributed by atoms with Crippen molar-refractivity contribution in [1.82, 2.24) is 14.8 Å². The van der Waals surface area contributed by atoms with Crippen LogP contribution in [0.2, 0.25) is 5.02 Å². The molecule has 0 unspecified atom stereocenters. The number of nitrogens with one attached hydrogen (secondary N) is 1. The summed E-state index contributed by atoms with van der Waals surface area (Å²) in [7, 11) is -2.19. The summed E-state index contributed by atoms with van der Waals surface area (Å²) in [6.45, 7) is 0. The molecule has 7 nitrogen and oxygen atoms in total. The Kier molecular flexibility index (Phi) is 3.14. The molecule has 1 aromatic carbocycles. The van der Waals surface area contributed by atoms with E-state index in [1.165, 1.54) is 29.2 Å². The standard InChI is InChI=1S/C9H10ClN5O2S/c1-15-9(12-5-13-15)14-18(16,17)6-2-3-8(11)7(10)4-6/h2-5H,11H2,1H3,(H,12,13,14). The molecule has 96 valence electrons. The van der Waals surface area contributed by atoms with Crippen molar-refractivity contribution in [3.63, 3.8) is 0 Å². The van der Waals surface area contributed by atoms with E-state index in [0.717, 1.165) is 0 Å². The van der Waals surface area contributed by atoms with Crippen molar-refractivity contribution < 1.29 is 8.42 Å². The fourth-order valence-electron chi connectivity index (χ4n) is 1.24. The molecule has 9 heteroatoms. The van der Waals surface area contributed by atoms with Gasteiger partial charge in [-0.3, -0.25) is 0 Å². The van der Waals surface area contributed by atoms with Gasteiger partial charge in [0.05, 0.1) is 15.6 Å². The Bertz CT molecular complexity index is 682. The maximum Gasteiger partial charge on any atom is 0.264 e. The van der Waals surface area contributed by atoms with Crippen LogP contribution in [0.5, 0.6) is 0 Å². The summed E-state index contributed by atoms with van der Waals surface area (Å²) in [5.74, 6) is 0.114. The van der Waals surface area contributed by atoms with Gasteiger partial charge in [-0.1, -0.05) is 11.6 Å². The number of aromatic nitrogens is 3. The molecular weight excluding hydrogens is 278 g/mol. The number of halogens is 1. The van der Waals surface area contributed by atoms with E-state index in [-0.39, 0.29) is 15.9 Å². The Morgan fingerprint density at radius 3 is 2.72 bits per heavy atom. The average molecular weight is 288 g/mol. The largest absolute Gasteiger partial charge is 0.398 e. The molecule has 0 radical (unpaired) electrons. The summed E-state index contributed by atoms with van der Waals surface area (Å²) >= 11 is 5.78. The number of sulfonamides is 1. The maximum absolute atomic E-state index is 12.0. The molecule has 1 aromatic heterocycles. The fourth-order valence-corrected chi connectivity index (χ4v) is 2.55. The number of anilines is 2. The number of hydrogen-bond donors (Lipinski definition) is 2. The third kappa shape index (κ3) is 2.39. The quantitative estimate of drug-likeness (QED) is 0.815. The monoisotopic (exact) mass is 287 g/mol. The molecule has 18 heavy (non-hydrogen) atoms.